The van der Waals surface area contributed by atoms with Gasteiger partial charge in [0.15, 0.2) is 0 Å². The van der Waals surface area contributed by atoms with E-state index in [4.69, 9.17) is 23.2 Å². The van der Waals surface area contributed by atoms with Crippen molar-refractivity contribution in [1.29, 1.82) is 0 Å². The Morgan fingerprint density at radius 3 is 2.58 bits per heavy atom. The molecular weight excluding hydrogens is 369 g/mol. The van der Waals surface area contributed by atoms with Gasteiger partial charge in [-0.1, -0.05) is 41.4 Å². The molecule has 2 heterocycles. The molecule has 136 valence electrons. The lowest BCUT2D eigenvalue weighted by Crippen LogP contribution is -2.63. The summed E-state index contributed by atoms with van der Waals surface area (Å²) in [6.07, 6.45) is 1.74. The zero-order chi connectivity index (χ0) is 18.3. The molecule has 0 aromatic heterocycles. The summed E-state index contributed by atoms with van der Waals surface area (Å²) in [5, 5.41) is 4.86. The van der Waals surface area contributed by atoms with E-state index in [1.807, 2.05) is 41.3 Å². The lowest BCUT2D eigenvalue weighted by atomic mass is 9.89. The van der Waals surface area contributed by atoms with Crippen molar-refractivity contribution in [2.75, 3.05) is 25.5 Å². The summed E-state index contributed by atoms with van der Waals surface area (Å²) in [5.74, 6) is 0.0509. The first-order valence-electron chi connectivity index (χ1n) is 8.80. The SMILES string of the molecule is CN1CCC2(CC1)Nc1ccccc1C(=O)N2Cc1ccc(Cl)cc1Cl. The van der Waals surface area contributed by atoms with E-state index in [0.29, 0.717) is 22.2 Å². The molecule has 0 bridgehead atoms. The normalized spacial score (nSPS) is 19.3. The minimum atomic E-state index is -0.388. The number of carbonyl (C=O) groups is 1. The van der Waals surface area contributed by atoms with Crippen LogP contribution in [0, 0.1) is 0 Å². The molecule has 1 spiro atoms. The Balaban J connectivity index is 1.74. The van der Waals surface area contributed by atoms with Crippen LogP contribution in [0.15, 0.2) is 42.5 Å². The van der Waals surface area contributed by atoms with Crippen molar-refractivity contribution in [1.82, 2.24) is 9.80 Å². The number of benzene rings is 2. The molecule has 0 radical (unpaired) electrons. The summed E-state index contributed by atoms with van der Waals surface area (Å²) in [6, 6.07) is 13.2. The molecule has 0 atom stereocenters. The monoisotopic (exact) mass is 389 g/mol. The second-order valence-electron chi connectivity index (χ2n) is 7.13. The van der Waals surface area contributed by atoms with E-state index in [1.54, 1.807) is 6.07 Å². The molecule has 1 amide bonds. The molecular formula is C20H21Cl2N3O. The smallest absolute Gasteiger partial charge is 0.258 e. The van der Waals surface area contributed by atoms with Gasteiger partial charge >= 0.3 is 0 Å². The quantitative estimate of drug-likeness (QED) is 0.821. The van der Waals surface area contributed by atoms with E-state index in [-0.39, 0.29) is 11.6 Å². The first-order chi connectivity index (χ1) is 12.5. The van der Waals surface area contributed by atoms with Crippen LogP contribution in [-0.2, 0) is 6.54 Å². The lowest BCUT2D eigenvalue weighted by molar-refractivity contribution is 0.0270. The van der Waals surface area contributed by atoms with Crippen molar-refractivity contribution in [3.8, 4) is 0 Å². The van der Waals surface area contributed by atoms with Crippen molar-refractivity contribution in [2.24, 2.45) is 0 Å². The van der Waals surface area contributed by atoms with Crippen LogP contribution in [0.5, 0.6) is 0 Å². The van der Waals surface area contributed by atoms with Crippen molar-refractivity contribution < 1.29 is 4.79 Å². The maximum Gasteiger partial charge on any atom is 0.258 e. The number of likely N-dealkylation sites (tertiary alicyclic amines) is 1. The van der Waals surface area contributed by atoms with Gasteiger partial charge in [-0.05, 0) is 36.9 Å². The molecule has 4 rings (SSSR count). The van der Waals surface area contributed by atoms with Gasteiger partial charge in [-0.15, -0.1) is 0 Å². The summed E-state index contributed by atoms with van der Waals surface area (Å²) in [4.78, 5) is 17.6. The Kier molecular flexibility index (Phi) is 4.59. The number of carbonyl (C=O) groups excluding carboxylic acids is 1. The van der Waals surface area contributed by atoms with Crippen LogP contribution in [0.25, 0.3) is 0 Å². The molecule has 1 saturated heterocycles. The van der Waals surface area contributed by atoms with Gasteiger partial charge in [0, 0.05) is 48.2 Å². The minimum Gasteiger partial charge on any atom is -0.362 e. The third kappa shape index (κ3) is 3.07. The molecule has 1 N–H and O–H groups in total. The van der Waals surface area contributed by atoms with Crippen LogP contribution in [-0.4, -0.2) is 41.5 Å². The number of anilines is 1. The summed E-state index contributed by atoms with van der Waals surface area (Å²) in [5.41, 5.74) is 2.15. The Labute approximate surface area is 163 Å². The fraction of sp³-hybridized carbons (Fsp3) is 0.350. The average Bonchev–Trinajstić information content (AvgIpc) is 2.63. The Morgan fingerprint density at radius 1 is 1.12 bits per heavy atom. The average molecular weight is 390 g/mol. The van der Waals surface area contributed by atoms with Gasteiger partial charge in [0.1, 0.15) is 5.66 Å². The number of nitrogens with one attached hydrogen (secondary N) is 1. The van der Waals surface area contributed by atoms with Gasteiger partial charge in [-0.2, -0.15) is 0 Å². The number of piperidine rings is 1. The molecule has 6 heteroatoms. The van der Waals surface area contributed by atoms with Gasteiger partial charge in [-0.3, -0.25) is 4.79 Å². The van der Waals surface area contributed by atoms with Crippen LogP contribution in [0.3, 0.4) is 0 Å². The number of halogens is 2. The Hall–Kier alpha value is -1.75. The zero-order valence-corrected chi connectivity index (χ0v) is 16.1. The standard InChI is InChI=1S/C20H21Cl2N3O/c1-24-10-8-20(9-11-24)23-18-5-3-2-4-16(18)19(26)25(20)13-14-6-7-15(21)12-17(14)22/h2-7,12,23H,8-11,13H2,1H3. The molecule has 2 aromatic rings. The van der Waals surface area contributed by atoms with Gasteiger partial charge in [0.05, 0.1) is 5.56 Å². The Bertz CT molecular complexity index is 847. The number of fused-ring (bicyclic) bond motifs is 1. The van der Waals surface area contributed by atoms with E-state index in [2.05, 4.69) is 17.3 Å². The second-order valence-corrected chi connectivity index (χ2v) is 7.98. The minimum absolute atomic E-state index is 0.0509. The molecule has 0 saturated carbocycles. The van der Waals surface area contributed by atoms with E-state index in [9.17, 15) is 4.79 Å². The highest BCUT2D eigenvalue weighted by molar-refractivity contribution is 6.35. The number of nitrogens with zero attached hydrogens (tertiary/aromatic N) is 2. The fourth-order valence-corrected chi connectivity index (χ4v) is 4.33. The van der Waals surface area contributed by atoms with E-state index in [0.717, 1.165) is 37.2 Å². The largest absolute Gasteiger partial charge is 0.362 e. The molecule has 0 unspecified atom stereocenters. The Morgan fingerprint density at radius 2 is 1.85 bits per heavy atom. The number of hydrogen-bond donors (Lipinski definition) is 1. The molecule has 1 fully saturated rings. The van der Waals surface area contributed by atoms with Crippen LogP contribution < -0.4 is 5.32 Å². The van der Waals surface area contributed by atoms with Gasteiger partial charge in [0.2, 0.25) is 0 Å². The molecule has 2 aliphatic heterocycles. The highest BCUT2D eigenvalue weighted by atomic mass is 35.5. The third-order valence-electron chi connectivity index (χ3n) is 5.44. The van der Waals surface area contributed by atoms with Crippen molar-refractivity contribution >= 4 is 34.8 Å². The predicted molar refractivity (Wildman–Crippen MR) is 106 cm³/mol. The van der Waals surface area contributed by atoms with E-state index >= 15 is 0 Å². The van der Waals surface area contributed by atoms with Crippen LogP contribution in [0.4, 0.5) is 5.69 Å². The van der Waals surface area contributed by atoms with Crippen LogP contribution in [0.2, 0.25) is 10.0 Å². The number of para-hydroxylation sites is 1. The molecule has 0 aliphatic carbocycles. The fourth-order valence-electron chi connectivity index (χ4n) is 3.86. The number of amides is 1. The number of rotatable bonds is 2. The zero-order valence-electron chi connectivity index (χ0n) is 14.6. The molecule has 2 aliphatic rings. The van der Waals surface area contributed by atoms with Crippen molar-refractivity contribution in [2.45, 2.75) is 25.0 Å². The van der Waals surface area contributed by atoms with Gasteiger partial charge < -0.3 is 15.1 Å². The maximum absolute atomic E-state index is 13.4. The van der Waals surface area contributed by atoms with Crippen LogP contribution in [0.1, 0.15) is 28.8 Å². The highest BCUT2D eigenvalue weighted by Crippen LogP contribution is 2.39. The summed E-state index contributed by atoms with van der Waals surface area (Å²) in [7, 11) is 2.12. The third-order valence-corrected chi connectivity index (χ3v) is 6.03. The molecule has 2 aromatic carbocycles. The van der Waals surface area contributed by atoms with Gasteiger partial charge in [-0.25, -0.2) is 0 Å². The lowest BCUT2D eigenvalue weighted by Gasteiger charge is -2.52. The second kappa shape index (κ2) is 6.76. The first kappa shape index (κ1) is 17.7. The topological polar surface area (TPSA) is 35.6 Å². The maximum atomic E-state index is 13.4. The summed E-state index contributed by atoms with van der Waals surface area (Å²) < 4.78 is 0. The number of hydrogen-bond acceptors (Lipinski definition) is 3. The van der Waals surface area contributed by atoms with E-state index in [1.165, 1.54) is 0 Å². The highest BCUT2D eigenvalue weighted by Gasteiger charge is 2.46. The van der Waals surface area contributed by atoms with Crippen LogP contribution >= 0.6 is 23.2 Å². The van der Waals surface area contributed by atoms with Crippen molar-refractivity contribution in [3.05, 3.63) is 63.6 Å². The molecule has 26 heavy (non-hydrogen) atoms. The molecule has 4 nitrogen and oxygen atoms in total. The summed E-state index contributed by atoms with van der Waals surface area (Å²) >= 11 is 12.4. The predicted octanol–water partition coefficient (Wildman–Crippen LogP) is 4.48. The summed E-state index contributed by atoms with van der Waals surface area (Å²) in [6.45, 7) is 2.33. The first-order valence-corrected chi connectivity index (χ1v) is 9.56. The van der Waals surface area contributed by atoms with Crippen molar-refractivity contribution in [3.63, 3.8) is 0 Å². The van der Waals surface area contributed by atoms with E-state index < -0.39 is 0 Å². The van der Waals surface area contributed by atoms with Gasteiger partial charge in [0.25, 0.3) is 5.91 Å².